The number of carbonyl (C=O) groups excluding carboxylic acids is 1. The van der Waals surface area contributed by atoms with Gasteiger partial charge in [-0.05, 0) is 42.7 Å². The van der Waals surface area contributed by atoms with E-state index in [1.165, 1.54) is 24.1 Å². The van der Waals surface area contributed by atoms with Crippen LogP contribution in [0.25, 0.3) is 0 Å². The van der Waals surface area contributed by atoms with Crippen LogP contribution in [0.2, 0.25) is 0 Å². The minimum absolute atomic E-state index is 0. The first-order chi connectivity index (χ1) is 12.1. The average Bonchev–Trinajstić information content (AvgIpc) is 3.23. The van der Waals surface area contributed by atoms with Crippen molar-refractivity contribution < 1.29 is 9.53 Å². The predicted octanol–water partition coefficient (Wildman–Crippen LogP) is 2.70. The maximum atomic E-state index is 13.0. The number of anilines is 1. The Morgan fingerprint density at radius 3 is 2.52 bits per heavy atom. The lowest BCUT2D eigenvalue weighted by Gasteiger charge is -2.33. The molecule has 1 aromatic carbocycles. The van der Waals surface area contributed by atoms with E-state index in [4.69, 9.17) is 10.5 Å². The molecule has 0 radical (unpaired) electrons. The van der Waals surface area contributed by atoms with Crippen LogP contribution in [0.1, 0.15) is 24.8 Å². The monoisotopic (exact) mass is 415 g/mol. The Morgan fingerprint density at radius 2 is 1.85 bits per heavy atom. The first kappa shape index (κ1) is 22.3. The van der Waals surface area contributed by atoms with Crippen molar-refractivity contribution in [1.82, 2.24) is 4.90 Å². The average molecular weight is 416 g/mol. The number of amides is 1. The van der Waals surface area contributed by atoms with E-state index >= 15 is 0 Å². The molecule has 3 aliphatic rings. The van der Waals surface area contributed by atoms with Crippen LogP contribution in [0.3, 0.4) is 0 Å². The van der Waals surface area contributed by atoms with Crippen molar-refractivity contribution >= 4 is 36.4 Å². The SMILES string of the molecule is CN(Cc1ccccc1N1CCOCC1)C(=O)C1C2CCC(C2)C1N.Cl.Cl. The topological polar surface area (TPSA) is 58.8 Å². The molecule has 2 N–H and O–H groups in total. The number of hydrogen-bond acceptors (Lipinski definition) is 4. The predicted molar refractivity (Wildman–Crippen MR) is 113 cm³/mol. The molecule has 4 unspecified atom stereocenters. The van der Waals surface area contributed by atoms with Gasteiger partial charge in [-0.2, -0.15) is 0 Å². The Morgan fingerprint density at radius 1 is 1.19 bits per heavy atom. The third-order valence-corrected chi connectivity index (χ3v) is 6.39. The number of carbonyl (C=O) groups is 1. The van der Waals surface area contributed by atoms with E-state index in [0.29, 0.717) is 18.4 Å². The van der Waals surface area contributed by atoms with Gasteiger partial charge in [0.05, 0.1) is 19.1 Å². The second-order valence-electron chi connectivity index (χ2n) is 7.86. The molecule has 0 aromatic heterocycles. The standard InChI is InChI=1S/C20H29N3O2.2ClH/c1-22(20(24)18-14-6-7-15(12-14)19(18)21)13-16-4-2-3-5-17(16)23-8-10-25-11-9-23;;/h2-5,14-15,18-19H,6-13,21H2,1H3;2*1H. The molecule has 1 heterocycles. The molecular weight excluding hydrogens is 385 g/mol. The minimum atomic E-state index is 0. The smallest absolute Gasteiger partial charge is 0.227 e. The fourth-order valence-electron chi connectivity index (χ4n) is 5.05. The Bertz CT molecular complexity index is 637. The molecule has 4 rings (SSSR count). The van der Waals surface area contributed by atoms with Crippen LogP contribution in [0.5, 0.6) is 0 Å². The van der Waals surface area contributed by atoms with Gasteiger partial charge >= 0.3 is 0 Å². The zero-order valence-corrected chi connectivity index (χ0v) is 17.5. The summed E-state index contributed by atoms with van der Waals surface area (Å²) in [5.41, 5.74) is 8.80. The highest BCUT2D eigenvalue weighted by Gasteiger charge is 2.49. The highest BCUT2D eigenvalue weighted by molar-refractivity contribution is 5.85. The van der Waals surface area contributed by atoms with E-state index in [1.807, 2.05) is 11.9 Å². The Labute approximate surface area is 174 Å². The molecule has 0 spiro atoms. The number of nitrogens with two attached hydrogens (primary N) is 1. The van der Waals surface area contributed by atoms with Gasteiger partial charge in [0.15, 0.2) is 0 Å². The number of halogens is 2. The molecule has 4 atom stereocenters. The van der Waals surface area contributed by atoms with Gasteiger partial charge in [-0.3, -0.25) is 4.79 Å². The van der Waals surface area contributed by atoms with Gasteiger partial charge in [-0.15, -0.1) is 24.8 Å². The summed E-state index contributed by atoms with van der Waals surface area (Å²) in [6, 6.07) is 8.48. The zero-order chi connectivity index (χ0) is 17.4. The third-order valence-electron chi connectivity index (χ3n) is 6.39. The first-order valence-corrected chi connectivity index (χ1v) is 9.56. The van der Waals surface area contributed by atoms with Gasteiger partial charge < -0.3 is 20.3 Å². The van der Waals surface area contributed by atoms with Crippen molar-refractivity contribution in [2.45, 2.75) is 31.8 Å². The lowest BCUT2D eigenvalue weighted by atomic mass is 9.84. The van der Waals surface area contributed by atoms with Gasteiger partial charge in [0.25, 0.3) is 0 Å². The number of fused-ring (bicyclic) bond motifs is 2. The van der Waals surface area contributed by atoms with Crippen LogP contribution >= 0.6 is 24.8 Å². The number of para-hydroxylation sites is 1. The largest absolute Gasteiger partial charge is 0.378 e. The highest BCUT2D eigenvalue weighted by atomic mass is 35.5. The third kappa shape index (κ3) is 4.37. The summed E-state index contributed by atoms with van der Waals surface area (Å²) < 4.78 is 5.47. The molecule has 1 amide bonds. The van der Waals surface area contributed by atoms with Crippen molar-refractivity contribution in [3.63, 3.8) is 0 Å². The molecule has 2 bridgehead atoms. The molecule has 1 aliphatic heterocycles. The van der Waals surface area contributed by atoms with Gasteiger partial charge in [-0.1, -0.05) is 18.2 Å². The summed E-state index contributed by atoms with van der Waals surface area (Å²) in [6.07, 6.45) is 3.53. The van der Waals surface area contributed by atoms with Gasteiger partial charge in [0.2, 0.25) is 5.91 Å². The quantitative estimate of drug-likeness (QED) is 0.820. The lowest BCUT2D eigenvalue weighted by molar-refractivity contribution is -0.136. The summed E-state index contributed by atoms with van der Waals surface area (Å²) in [4.78, 5) is 17.3. The highest BCUT2D eigenvalue weighted by Crippen LogP contribution is 2.48. The Kier molecular flexibility index (Phi) is 7.81. The minimum Gasteiger partial charge on any atom is -0.378 e. The molecule has 1 saturated heterocycles. The number of hydrogen-bond donors (Lipinski definition) is 1. The molecule has 2 aliphatic carbocycles. The molecular formula is C20H31Cl2N3O2. The van der Waals surface area contributed by atoms with E-state index in [1.54, 1.807) is 0 Å². The van der Waals surface area contributed by atoms with E-state index in [9.17, 15) is 4.79 Å². The summed E-state index contributed by atoms with van der Waals surface area (Å²) in [5.74, 6) is 1.33. The molecule has 7 heteroatoms. The number of ether oxygens (including phenoxy) is 1. The number of rotatable bonds is 4. The Hall–Kier alpha value is -1.01. The first-order valence-electron chi connectivity index (χ1n) is 9.56. The summed E-state index contributed by atoms with van der Waals surface area (Å²) in [6.45, 7) is 4.00. The maximum Gasteiger partial charge on any atom is 0.227 e. The molecule has 1 aromatic rings. The number of benzene rings is 1. The van der Waals surface area contributed by atoms with Crippen LogP contribution in [-0.2, 0) is 16.1 Å². The van der Waals surface area contributed by atoms with Crippen molar-refractivity contribution in [2.24, 2.45) is 23.5 Å². The van der Waals surface area contributed by atoms with E-state index in [2.05, 4.69) is 29.2 Å². The van der Waals surface area contributed by atoms with E-state index in [-0.39, 0.29) is 42.7 Å². The normalized spacial score (nSPS) is 29.0. The lowest BCUT2D eigenvalue weighted by Crippen LogP contribution is -2.45. The van der Waals surface area contributed by atoms with Crippen LogP contribution in [0.15, 0.2) is 24.3 Å². The molecule has 5 nitrogen and oxygen atoms in total. The fourth-order valence-corrected chi connectivity index (χ4v) is 5.05. The maximum absolute atomic E-state index is 13.0. The van der Waals surface area contributed by atoms with Crippen molar-refractivity contribution in [2.75, 3.05) is 38.3 Å². The second kappa shape index (κ2) is 9.46. The summed E-state index contributed by atoms with van der Waals surface area (Å²) in [5, 5.41) is 0. The van der Waals surface area contributed by atoms with E-state index < -0.39 is 0 Å². The zero-order valence-electron chi connectivity index (χ0n) is 15.9. The fraction of sp³-hybridized carbons (Fsp3) is 0.650. The Balaban J connectivity index is 0.00000131. The molecule has 27 heavy (non-hydrogen) atoms. The van der Waals surface area contributed by atoms with Gasteiger partial charge in [0, 0.05) is 38.4 Å². The van der Waals surface area contributed by atoms with Crippen molar-refractivity contribution in [3.05, 3.63) is 29.8 Å². The summed E-state index contributed by atoms with van der Waals surface area (Å²) in [7, 11) is 1.93. The molecule has 152 valence electrons. The van der Waals surface area contributed by atoms with E-state index in [0.717, 1.165) is 32.7 Å². The van der Waals surface area contributed by atoms with Gasteiger partial charge in [-0.25, -0.2) is 0 Å². The van der Waals surface area contributed by atoms with Crippen molar-refractivity contribution in [1.29, 1.82) is 0 Å². The number of nitrogens with zero attached hydrogens (tertiary/aromatic N) is 2. The summed E-state index contributed by atoms with van der Waals surface area (Å²) >= 11 is 0. The van der Waals surface area contributed by atoms with Crippen LogP contribution in [-0.4, -0.2) is 50.2 Å². The van der Waals surface area contributed by atoms with Crippen LogP contribution in [0, 0.1) is 17.8 Å². The molecule has 3 fully saturated rings. The van der Waals surface area contributed by atoms with Crippen LogP contribution in [0.4, 0.5) is 5.69 Å². The second-order valence-corrected chi connectivity index (χ2v) is 7.86. The molecule has 2 saturated carbocycles. The van der Waals surface area contributed by atoms with Crippen LogP contribution < -0.4 is 10.6 Å². The van der Waals surface area contributed by atoms with Crippen molar-refractivity contribution in [3.8, 4) is 0 Å². The van der Waals surface area contributed by atoms with Gasteiger partial charge in [0.1, 0.15) is 0 Å². The number of morpholine rings is 1.